The molecular weight excluding hydrogens is 482 g/mol. The molecule has 0 fully saturated rings. The summed E-state index contributed by atoms with van der Waals surface area (Å²) in [7, 11) is 0. The molecule has 0 unspecified atom stereocenters. The molecule has 2 aromatic heterocycles. The number of rotatable bonds is 3. The standard InChI is InChI=1S/C35H23NOS/c1-2-8-22(9-3-1)35-36-33-27-18-16-24(21-26(27)17-19-32(33)38-35)23-10-6-11-25(20-23)28-13-7-14-30-29-12-4-5-15-31(29)37-34(28)30/h1-6,8-13,15-21H,7,14H2. The van der Waals surface area contributed by atoms with Crippen LogP contribution in [0.15, 0.2) is 120 Å². The second kappa shape index (κ2) is 8.54. The minimum atomic E-state index is 0.972. The number of hydrogen-bond donors (Lipinski definition) is 0. The van der Waals surface area contributed by atoms with Gasteiger partial charge in [0.2, 0.25) is 0 Å². The quantitative estimate of drug-likeness (QED) is 0.239. The number of aryl methyl sites for hydroxylation is 1. The maximum atomic E-state index is 6.36. The third-order valence-electron chi connectivity index (χ3n) is 7.59. The summed E-state index contributed by atoms with van der Waals surface area (Å²) in [5.74, 6) is 1.02. The van der Waals surface area contributed by atoms with Crippen LogP contribution in [0.3, 0.4) is 0 Å². The Morgan fingerprint density at radius 2 is 1.47 bits per heavy atom. The highest BCUT2D eigenvalue weighted by atomic mass is 32.1. The van der Waals surface area contributed by atoms with E-state index in [1.807, 2.05) is 12.1 Å². The minimum Gasteiger partial charge on any atom is -0.456 e. The normalized spacial score (nSPS) is 13.2. The summed E-state index contributed by atoms with van der Waals surface area (Å²) in [6.45, 7) is 0. The lowest BCUT2D eigenvalue weighted by Gasteiger charge is -2.14. The number of fused-ring (bicyclic) bond motifs is 6. The summed E-state index contributed by atoms with van der Waals surface area (Å²) in [6.07, 6.45) is 4.38. The van der Waals surface area contributed by atoms with Crippen LogP contribution in [0.25, 0.3) is 59.2 Å². The lowest BCUT2D eigenvalue weighted by atomic mass is 9.90. The molecule has 8 rings (SSSR count). The Morgan fingerprint density at radius 3 is 2.42 bits per heavy atom. The van der Waals surface area contributed by atoms with Crippen LogP contribution < -0.4 is 0 Å². The van der Waals surface area contributed by atoms with Crippen LogP contribution in [0.1, 0.15) is 23.3 Å². The Kier molecular flexibility index (Phi) is 4.86. The van der Waals surface area contributed by atoms with E-state index < -0.39 is 0 Å². The van der Waals surface area contributed by atoms with E-state index in [0.717, 1.165) is 34.7 Å². The molecule has 7 aromatic rings. The van der Waals surface area contributed by atoms with Crippen LogP contribution in [0.5, 0.6) is 0 Å². The highest BCUT2D eigenvalue weighted by Crippen LogP contribution is 2.40. The lowest BCUT2D eigenvalue weighted by molar-refractivity contribution is 0.591. The predicted octanol–water partition coefficient (Wildman–Crippen LogP) is 9.91. The van der Waals surface area contributed by atoms with Gasteiger partial charge in [-0.1, -0.05) is 91.0 Å². The van der Waals surface area contributed by atoms with Crippen LogP contribution in [0, 0.1) is 0 Å². The van der Waals surface area contributed by atoms with Crippen molar-refractivity contribution in [2.75, 3.05) is 0 Å². The molecule has 0 aliphatic heterocycles. The van der Waals surface area contributed by atoms with Crippen LogP contribution in [-0.2, 0) is 6.42 Å². The molecular formula is C35H23NOS. The molecule has 3 heteroatoms. The topological polar surface area (TPSA) is 26.0 Å². The fraction of sp³-hybridized carbons (Fsp3) is 0.0571. The van der Waals surface area contributed by atoms with Gasteiger partial charge in [-0.25, -0.2) is 4.98 Å². The van der Waals surface area contributed by atoms with Crippen molar-refractivity contribution < 1.29 is 4.42 Å². The zero-order chi connectivity index (χ0) is 25.1. The van der Waals surface area contributed by atoms with E-state index in [9.17, 15) is 0 Å². The van der Waals surface area contributed by atoms with Crippen LogP contribution in [-0.4, -0.2) is 4.98 Å². The van der Waals surface area contributed by atoms with E-state index in [0.29, 0.717) is 0 Å². The van der Waals surface area contributed by atoms with Gasteiger partial charge in [-0.05, 0) is 59.2 Å². The van der Waals surface area contributed by atoms with Crippen LogP contribution in [0.4, 0.5) is 0 Å². The SMILES string of the molecule is C1=C(c2cccc(-c3ccc4c(ccc5sc(-c6ccccc6)nc54)c3)c2)c2oc3ccccc3c2CC1. The van der Waals surface area contributed by atoms with Crippen molar-refractivity contribution in [3.8, 4) is 21.7 Å². The Labute approximate surface area is 224 Å². The number of thiazole rings is 1. The van der Waals surface area contributed by atoms with Crippen LogP contribution in [0.2, 0.25) is 0 Å². The van der Waals surface area contributed by atoms with Crippen molar-refractivity contribution in [2.45, 2.75) is 12.8 Å². The van der Waals surface area contributed by atoms with Crippen molar-refractivity contribution in [3.05, 3.63) is 132 Å². The molecule has 2 heterocycles. The third kappa shape index (κ3) is 3.43. The van der Waals surface area contributed by atoms with E-state index in [1.165, 1.54) is 54.2 Å². The van der Waals surface area contributed by atoms with E-state index in [2.05, 4.69) is 103 Å². The first kappa shape index (κ1) is 21.6. The Morgan fingerprint density at radius 1 is 0.658 bits per heavy atom. The van der Waals surface area contributed by atoms with E-state index in [4.69, 9.17) is 9.40 Å². The van der Waals surface area contributed by atoms with Gasteiger partial charge in [-0.2, -0.15) is 0 Å². The molecule has 0 saturated carbocycles. The highest BCUT2D eigenvalue weighted by molar-refractivity contribution is 7.21. The molecule has 5 aromatic carbocycles. The van der Waals surface area contributed by atoms with E-state index in [-0.39, 0.29) is 0 Å². The zero-order valence-electron chi connectivity index (χ0n) is 20.6. The molecule has 0 radical (unpaired) electrons. The van der Waals surface area contributed by atoms with Crippen molar-refractivity contribution in [2.24, 2.45) is 0 Å². The monoisotopic (exact) mass is 505 g/mol. The fourth-order valence-electron chi connectivity index (χ4n) is 5.74. The molecule has 0 saturated heterocycles. The molecule has 0 N–H and O–H groups in total. The smallest absolute Gasteiger partial charge is 0.138 e. The predicted molar refractivity (Wildman–Crippen MR) is 160 cm³/mol. The molecule has 2 nitrogen and oxygen atoms in total. The number of aromatic nitrogens is 1. The summed E-state index contributed by atoms with van der Waals surface area (Å²) in [5, 5.41) is 4.71. The molecule has 0 bridgehead atoms. The summed E-state index contributed by atoms with van der Waals surface area (Å²) in [4.78, 5) is 5.03. The van der Waals surface area contributed by atoms with Gasteiger partial charge in [-0.3, -0.25) is 0 Å². The van der Waals surface area contributed by atoms with Crippen molar-refractivity contribution in [3.63, 3.8) is 0 Å². The molecule has 1 aliphatic rings. The van der Waals surface area contributed by atoms with Crippen molar-refractivity contribution in [1.82, 2.24) is 4.98 Å². The summed E-state index contributed by atoms with van der Waals surface area (Å²) in [6, 6.07) is 38.8. The van der Waals surface area contributed by atoms with Gasteiger partial charge in [0.15, 0.2) is 0 Å². The average Bonchev–Trinajstić information content (AvgIpc) is 3.60. The van der Waals surface area contributed by atoms with E-state index >= 15 is 0 Å². The fourth-order valence-corrected chi connectivity index (χ4v) is 6.72. The van der Waals surface area contributed by atoms with Gasteiger partial charge in [0.1, 0.15) is 16.4 Å². The second-order valence-corrected chi connectivity index (χ2v) is 10.9. The lowest BCUT2D eigenvalue weighted by Crippen LogP contribution is -1.98. The van der Waals surface area contributed by atoms with Crippen molar-refractivity contribution >= 4 is 48.9 Å². The van der Waals surface area contributed by atoms with Gasteiger partial charge in [0.05, 0.1) is 10.2 Å². The number of para-hydroxylation sites is 1. The highest BCUT2D eigenvalue weighted by Gasteiger charge is 2.22. The molecule has 0 atom stereocenters. The summed E-state index contributed by atoms with van der Waals surface area (Å²) < 4.78 is 7.58. The Hall–Kier alpha value is -4.47. The maximum absolute atomic E-state index is 6.36. The van der Waals surface area contributed by atoms with E-state index in [1.54, 1.807) is 11.3 Å². The number of hydrogen-bond acceptors (Lipinski definition) is 3. The summed E-state index contributed by atoms with van der Waals surface area (Å²) in [5.41, 5.74) is 9.36. The Bertz CT molecular complexity index is 2030. The van der Waals surface area contributed by atoms with Gasteiger partial charge in [-0.15, -0.1) is 11.3 Å². The first-order chi connectivity index (χ1) is 18.8. The van der Waals surface area contributed by atoms with Gasteiger partial charge < -0.3 is 4.42 Å². The average molecular weight is 506 g/mol. The molecule has 0 amide bonds. The number of allylic oxidation sites excluding steroid dienone is 1. The second-order valence-electron chi connectivity index (χ2n) is 9.88. The van der Waals surface area contributed by atoms with Gasteiger partial charge in [0.25, 0.3) is 0 Å². The zero-order valence-corrected chi connectivity index (χ0v) is 21.5. The number of furan rings is 1. The maximum Gasteiger partial charge on any atom is 0.138 e. The Balaban J connectivity index is 1.20. The first-order valence-electron chi connectivity index (χ1n) is 13.0. The number of benzene rings is 5. The first-order valence-corrected chi connectivity index (χ1v) is 13.8. The van der Waals surface area contributed by atoms with Crippen molar-refractivity contribution in [1.29, 1.82) is 0 Å². The molecule has 180 valence electrons. The molecule has 0 spiro atoms. The van der Waals surface area contributed by atoms with Gasteiger partial charge >= 0.3 is 0 Å². The molecule has 1 aliphatic carbocycles. The third-order valence-corrected chi connectivity index (χ3v) is 8.66. The largest absolute Gasteiger partial charge is 0.456 e. The van der Waals surface area contributed by atoms with Crippen LogP contribution >= 0.6 is 11.3 Å². The minimum absolute atomic E-state index is 0.972. The summed E-state index contributed by atoms with van der Waals surface area (Å²) >= 11 is 1.75. The number of nitrogens with zero attached hydrogens (tertiary/aromatic N) is 1. The van der Waals surface area contributed by atoms with Gasteiger partial charge in [0, 0.05) is 27.5 Å². The molecule has 38 heavy (non-hydrogen) atoms.